The minimum Gasteiger partial charge on any atom is -0.381 e. The summed E-state index contributed by atoms with van der Waals surface area (Å²) in [6.45, 7) is 3.03. The van der Waals surface area contributed by atoms with Gasteiger partial charge in [0.15, 0.2) is 5.65 Å². The van der Waals surface area contributed by atoms with Crippen LogP contribution < -0.4 is 0 Å². The fraction of sp³-hybridized carbons (Fsp3) is 0.429. The third-order valence-corrected chi connectivity index (χ3v) is 5.62. The van der Waals surface area contributed by atoms with Gasteiger partial charge in [-0.1, -0.05) is 6.07 Å². The van der Waals surface area contributed by atoms with Crippen LogP contribution in [0.3, 0.4) is 0 Å². The first-order chi connectivity index (χ1) is 14.3. The van der Waals surface area contributed by atoms with Crippen molar-refractivity contribution < 1.29 is 14.3 Å². The molecule has 150 valence electrons. The van der Waals surface area contributed by atoms with Gasteiger partial charge >= 0.3 is 0 Å². The van der Waals surface area contributed by atoms with Crippen molar-refractivity contribution in [2.24, 2.45) is 0 Å². The number of aromatic nitrogens is 4. The summed E-state index contributed by atoms with van der Waals surface area (Å²) < 4.78 is 13.4. The number of nitrogens with zero attached hydrogens (tertiary/aromatic N) is 5. The monoisotopic (exact) mass is 393 g/mol. The second-order valence-electron chi connectivity index (χ2n) is 7.43. The Kier molecular flexibility index (Phi) is 4.95. The fourth-order valence-corrected chi connectivity index (χ4v) is 4.03. The molecule has 3 aromatic heterocycles. The highest BCUT2D eigenvalue weighted by atomic mass is 16.5. The second kappa shape index (κ2) is 7.88. The molecule has 29 heavy (non-hydrogen) atoms. The quantitative estimate of drug-likeness (QED) is 0.680. The molecule has 0 aromatic carbocycles. The lowest BCUT2D eigenvalue weighted by Gasteiger charge is -2.32. The van der Waals surface area contributed by atoms with Gasteiger partial charge in [-0.3, -0.25) is 9.78 Å². The molecule has 0 saturated carbocycles. The van der Waals surface area contributed by atoms with E-state index in [1.54, 1.807) is 17.3 Å². The van der Waals surface area contributed by atoms with E-state index >= 15 is 0 Å². The number of carbonyl (C=O) groups excluding carboxylic acids is 1. The summed E-state index contributed by atoms with van der Waals surface area (Å²) in [5.74, 6) is -0.0516. The molecule has 0 N–H and O–H groups in total. The van der Waals surface area contributed by atoms with E-state index < -0.39 is 0 Å². The number of pyridine rings is 2. The molecule has 5 heterocycles. The maximum absolute atomic E-state index is 13.1. The van der Waals surface area contributed by atoms with Gasteiger partial charge in [-0.25, -0.2) is 9.97 Å². The van der Waals surface area contributed by atoms with Gasteiger partial charge in [-0.05, 0) is 31.0 Å². The van der Waals surface area contributed by atoms with Crippen molar-refractivity contribution in [3.05, 3.63) is 54.2 Å². The highest BCUT2D eigenvalue weighted by Crippen LogP contribution is 2.26. The topological polar surface area (TPSA) is 82.4 Å². The van der Waals surface area contributed by atoms with E-state index in [0.717, 1.165) is 42.9 Å². The van der Waals surface area contributed by atoms with Crippen LogP contribution in [0.5, 0.6) is 0 Å². The Morgan fingerprint density at radius 1 is 1.10 bits per heavy atom. The van der Waals surface area contributed by atoms with Gasteiger partial charge in [-0.2, -0.15) is 0 Å². The zero-order chi connectivity index (χ0) is 19.6. The summed E-state index contributed by atoms with van der Waals surface area (Å²) in [7, 11) is 0. The molecular weight excluding hydrogens is 370 g/mol. The summed E-state index contributed by atoms with van der Waals surface area (Å²) in [5.41, 5.74) is 2.96. The van der Waals surface area contributed by atoms with Crippen molar-refractivity contribution >= 4 is 17.1 Å². The second-order valence-corrected chi connectivity index (χ2v) is 7.43. The van der Waals surface area contributed by atoms with E-state index in [2.05, 4.69) is 19.5 Å². The van der Waals surface area contributed by atoms with Crippen LogP contribution in [-0.2, 0) is 9.47 Å². The van der Waals surface area contributed by atoms with Gasteiger partial charge in [0.05, 0.1) is 30.7 Å². The summed E-state index contributed by atoms with van der Waals surface area (Å²) in [6.07, 6.45) is 6.93. The molecule has 0 spiro atoms. The van der Waals surface area contributed by atoms with Gasteiger partial charge in [0.25, 0.3) is 5.91 Å². The fourth-order valence-electron chi connectivity index (χ4n) is 4.03. The van der Waals surface area contributed by atoms with Crippen molar-refractivity contribution in [2.75, 3.05) is 32.9 Å². The van der Waals surface area contributed by atoms with Gasteiger partial charge in [0.2, 0.25) is 0 Å². The molecule has 0 bridgehead atoms. The number of fused-ring (bicyclic) bond motifs is 1. The number of ether oxygens (including phenoxy) is 2. The molecule has 1 unspecified atom stereocenters. The molecule has 2 aliphatic heterocycles. The van der Waals surface area contributed by atoms with Crippen molar-refractivity contribution in [3.8, 4) is 0 Å². The zero-order valence-corrected chi connectivity index (χ0v) is 16.1. The highest BCUT2D eigenvalue weighted by Gasteiger charge is 2.27. The zero-order valence-electron chi connectivity index (χ0n) is 16.1. The van der Waals surface area contributed by atoms with Crippen molar-refractivity contribution in [1.82, 2.24) is 24.4 Å². The normalized spacial score (nSPS) is 20.8. The Morgan fingerprint density at radius 2 is 2.00 bits per heavy atom. The van der Waals surface area contributed by atoms with Gasteiger partial charge in [0, 0.05) is 38.2 Å². The SMILES string of the molecule is O=C(c1cnc2c(c1)ncn2C1CCOCC1)N1CCOC(c2ccccn2)C1. The third-order valence-electron chi connectivity index (χ3n) is 5.62. The number of hydrogen-bond donors (Lipinski definition) is 0. The largest absolute Gasteiger partial charge is 0.381 e. The molecule has 8 nitrogen and oxygen atoms in total. The lowest BCUT2D eigenvalue weighted by atomic mass is 10.1. The minimum atomic E-state index is -0.210. The Morgan fingerprint density at radius 3 is 2.83 bits per heavy atom. The van der Waals surface area contributed by atoms with Crippen molar-refractivity contribution in [2.45, 2.75) is 25.0 Å². The molecule has 0 radical (unpaired) electrons. The first-order valence-electron chi connectivity index (χ1n) is 10.0. The first kappa shape index (κ1) is 18.2. The lowest BCUT2D eigenvalue weighted by Crippen LogP contribution is -2.42. The van der Waals surface area contributed by atoms with Gasteiger partial charge < -0.3 is 18.9 Å². The first-order valence-corrected chi connectivity index (χ1v) is 10.0. The summed E-state index contributed by atoms with van der Waals surface area (Å²) in [4.78, 5) is 28.3. The van der Waals surface area contributed by atoms with E-state index in [4.69, 9.17) is 9.47 Å². The highest BCUT2D eigenvalue weighted by molar-refractivity contribution is 5.96. The van der Waals surface area contributed by atoms with Gasteiger partial charge in [0.1, 0.15) is 11.6 Å². The Balaban J connectivity index is 1.35. The molecule has 8 heteroatoms. The predicted octanol–water partition coefficient (Wildman–Crippen LogP) is 2.39. The predicted molar refractivity (Wildman–Crippen MR) is 105 cm³/mol. The average Bonchev–Trinajstić information content (AvgIpc) is 3.23. The van der Waals surface area contributed by atoms with Crippen LogP contribution in [0.2, 0.25) is 0 Å². The smallest absolute Gasteiger partial charge is 0.255 e. The van der Waals surface area contributed by atoms with E-state index in [0.29, 0.717) is 31.3 Å². The summed E-state index contributed by atoms with van der Waals surface area (Å²) in [6, 6.07) is 7.91. The van der Waals surface area contributed by atoms with E-state index in [9.17, 15) is 4.79 Å². The number of amides is 1. The van der Waals surface area contributed by atoms with Crippen LogP contribution in [0.15, 0.2) is 43.0 Å². The molecule has 5 rings (SSSR count). The molecule has 0 aliphatic carbocycles. The molecule has 2 saturated heterocycles. The van der Waals surface area contributed by atoms with Crippen LogP contribution in [-0.4, -0.2) is 63.2 Å². The van der Waals surface area contributed by atoms with Crippen LogP contribution in [0, 0.1) is 0 Å². The van der Waals surface area contributed by atoms with Crippen LogP contribution in [0.25, 0.3) is 11.2 Å². The van der Waals surface area contributed by atoms with E-state index in [1.807, 2.05) is 30.6 Å². The van der Waals surface area contributed by atoms with Crippen LogP contribution in [0.4, 0.5) is 0 Å². The Hall–Kier alpha value is -2.84. The Labute approximate surface area is 168 Å². The summed E-state index contributed by atoms with van der Waals surface area (Å²) in [5, 5.41) is 0. The van der Waals surface area contributed by atoms with E-state index in [1.165, 1.54) is 0 Å². The molecule has 3 aromatic rings. The number of hydrogen-bond acceptors (Lipinski definition) is 6. The van der Waals surface area contributed by atoms with Crippen LogP contribution >= 0.6 is 0 Å². The standard InChI is InChI=1S/C21H23N5O3/c27-21(25-7-10-29-19(13-25)17-3-1-2-6-22-17)15-11-18-20(23-12-15)26(14-24-18)16-4-8-28-9-5-16/h1-3,6,11-12,14,16,19H,4-5,7-10,13H2. The number of carbonyl (C=O) groups is 1. The summed E-state index contributed by atoms with van der Waals surface area (Å²) >= 11 is 0. The molecule has 2 aliphatic rings. The average molecular weight is 393 g/mol. The number of morpholine rings is 1. The molecule has 1 atom stereocenters. The number of imidazole rings is 1. The van der Waals surface area contributed by atoms with Crippen molar-refractivity contribution in [1.29, 1.82) is 0 Å². The third kappa shape index (κ3) is 3.61. The molecular formula is C21H23N5O3. The number of rotatable bonds is 3. The maximum atomic E-state index is 13.1. The minimum absolute atomic E-state index is 0.0516. The maximum Gasteiger partial charge on any atom is 0.255 e. The van der Waals surface area contributed by atoms with Crippen LogP contribution in [0.1, 0.15) is 41.0 Å². The van der Waals surface area contributed by atoms with Gasteiger partial charge in [-0.15, -0.1) is 0 Å². The lowest BCUT2D eigenvalue weighted by molar-refractivity contribution is -0.0247. The Bertz CT molecular complexity index is 1000. The molecule has 2 fully saturated rings. The molecule has 1 amide bonds. The van der Waals surface area contributed by atoms with Crippen molar-refractivity contribution in [3.63, 3.8) is 0 Å². The van der Waals surface area contributed by atoms with E-state index in [-0.39, 0.29) is 12.0 Å².